The molecule has 0 saturated heterocycles. The fraction of sp³-hybridized carbons (Fsp3) is 0.778. The van der Waals surface area contributed by atoms with Gasteiger partial charge < -0.3 is 9.16 Å². The average Bonchev–Trinajstić information content (AvgIpc) is 2.27. The number of rotatable bonds is 3. The molecule has 0 radical (unpaired) electrons. The van der Waals surface area contributed by atoms with Crippen molar-refractivity contribution in [1.29, 1.82) is 0 Å². The van der Waals surface area contributed by atoms with Crippen LogP contribution in [0.25, 0.3) is 0 Å². The Morgan fingerprint density at radius 1 is 1.24 bits per heavy atom. The van der Waals surface area contributed by atoms with Crippen molar-refractivity contribution >= 4 is 8.32 Å². The van der Waals surface area contributed by atoms with Gasteiger partial charge in [0.25, 0.3) is 0 Å². The standard InChI is InChI=1S/C18H32O2Si/c1-17(2,3)19-16-10-8-9-14-13-15(20-21(5,6)7)11-12-18(14,16)4/h9,13,16H,8,10-12H2,1-7H3/t16-,18-/m0/s1. The predicted molar refractivity (Wildman–Crippen MR) is 91.8 cm³/mol. The van der Waals surface area contributed by atoms with E-state index in [1.165, 1.54) is 11.3 Å². The van der Waals surface area contributed by atoms with Gasteiger partial charge in [-0.15, -0.1) is 0 Å². The van der Waals surface area contributed by atoms with Crippen LogP contribution in [-0.2, 0) is 9.16 Å². The van der Waals surface area contributed by atoms with Crippen molar-refractivity contribution in [2.75, 3.05) is 0 Å². The Labute approximate surface area is 131 Å². The normalized spacial score (nSPS) is 30.3. The molecule has 3 heteroatoms. The fourth-order valence-electron chi connectivity index (χ4n) is 3.37. The molecule has 2 nitrogen and oxygen atoms in total. The van der Waals surface area contributed by atoms with Gasteiger partial charge >= 0.3 is 0 Å². The summed E-state index contributed by atoms with van der Waals surface area (Å²) < 4.78 is 12.6. The number of fused-ring (bicyclic) bond motifs is 1. The Balaban J connectivity index is 2.20. The molecule has 2 aliphatic rings. The second-order valence-corrected chi connectivity index (χ2v) is 13.1. The van der Waals surface area contributed by atoms with E-state index < -0.39 is 8.32 Å². The Bertz CT molecular complexity index is 451. The van der Waals surface area contributed by atoms with Gasteiger partial charge in [0.1, 0.15) is 0 Å². The monoisotopic (exact) mass is 308 g/mol. The van der Waals surface area contributed by atoms with Gasteiger partial charge in [-0.25, -0.2) is 0 Å². The first-order chi connectivity index (χ1) is 9.50. The number of hydrogen-bond donors (Lipinski definition) is 0. The van der Waals surface area contributed by atoms with Crippen molar-refractivity contribution in [1.82, 2.24) is 0 Å². The SMILES string of the molecule is CC(C)(C)O[C@H]1CCC=C2C=C(O[Si](C)(C)C)CC[C@@]21C. The van der Waals surface area contributed by atoms with E-state index >= 15 is 0 Å². The molecule has 0 amide bonds. The van der Waals surface area contributed by atoms with Gasteiger partial charge in [-0.3, -0.25) is 0 Å². The zero-order valence-corrected chi connectivity index (χ0v) is 15.9. The lowest BCUT2D eigenvalue weighted by Gasteiger charge is -2.46. The molecule has 2 aliphatic carbocycles. The highest BCUT2D eigenvalue weighted by Gasteiger charge is 2.43. The van der Waals surface area contributed by atoms with E-state index in [-0.39, 0.29) is 11.0 Å². The Hall–Kier alpha value is -0.543. The van der Waals surface area contributed by atoms with E-state index in [0.29, 0.717) is 6.10 Å². The third-order valence-electron chi connectivity index (χ3n) is 4.30. The van der Waals surface area contributed by atoms with Crippen LogP contribution >= 0.6 is 0 Å². The average molecular weight is 309 g/mol. The van der Waals surface area contributed by atoms with Crippen LogP contribution in [-0.4, -0.2) is 20.0 Å². The molecule has 2 rings (SSSR count). The van der Waals surface area contributed by atoms with Gasteiger partial charge in [0.2, 0.25) is 8.32 Å². The molecule has 0 saturated carbocycles. The molecule has 0 N–H and O–H groups in total. The van der Waals surface area contributed by atoms with E-state index in [0.717, 1.165) is 25.7 Å². The van der Waals surface area contributed by atoms with Crippen molar-refractivity contribution in [2.45, 2.75) is 84.7 Å². The van der Waals surface area contributed by atoms with Gasteiger partial charge in [-0.05, 0) is 71.3 Å². The minimum absolute atomic E-state index is 0.0745. The molecule has 0 fully saturated rings. The van der Waals surface area contributed by atoms with Crippen LogP contribution in [0.4, 0.5) is 0 Å². The highest BCUT2D eigenvalue weighted by atomic mass is 28.4. The highest BCUT2D eigenvalue weighted by molar-refractivity contribution is 6.70. The molecule has 2 atom stereocenters. The van der Waals surface area contributed by atoms with Crippen LogP contribution < -0.4 is 0 Å². The Kier molecular flexibility index (Phi) is 4.47. The first kappa shape index (κ1) is 16.8. The van der Waals surface area contributed by atoms with Crippen LogP contribution in [0, 0.1) is 5.41 Å². The quantitative estimate of drug-likeness (QED) is 0.648. The minimum atomic E-state index is -1.51. The molecule has 0 aromatic heterocycles. The highest BCUT2D eigenvalue weighted by Crippen LogP contribution is 2.48. The second kappa shape index (κ2) is 5.58. The third-order valence-corrected chi connectivity index (χ3v) is 5.18. The fourth-order valence-corrected chi connectivity index (χ4v) is 4.32. The van der Waals surface area contributed by atoms with Crippen molar-refractivity contribution in [3.8, 4) is 0 Å². The van der Waals surface area contributed by atoms with Crippen molar-refractivity contribution < 1.29 is 9.16 Å². The van der Waals surface area contributed by atoms with E-state index in [2.05, 4.69) is 59.5 Å². The molecular formula is C18H32O2Si. The molecule has 120 valence electrons. The molecule has 0 aliphatic heterocycles. The van der Waals surface area contributed by atoms with Gasteiger partial charge in [-0.2, -0.15) is 0 Å². The number of allylic oxidation sites excluding steroid dienone is 3. The van der Waals surface area contributed by atoms with Crippen LogP contribution in [0.2, 0.25) is 19.6 Å². The van der Waals surface area contributed by atoms with Gasteiger partial charge in [-0.1, -0.05) is 13.0 Å². The molecule has 0 heterocycles. The number of ether oxygens (including phenoxy) is 1. The van der Waals surface area contributed by atoms with Crippen molar-refractivity contribution in [3.63, 3.8) is 0 Å². The van der Waals surface area contributed by atoms with Crippen LogP contribution in [0.15, 0.2) is 23.5 Å². The molecule has 0 aromatic rings. The van der Waals surface area contributed by atoms with Crippen LogP contribution in [0.1, 0.15) is 53.4 Å². The van der Waals surface area contributed by atoms with E-state index in [1.54, 1.807) is 0 Å². The zero-order chi connectivity index (χ0) is 15.9. The van der Waals surface area contributed by atoms with Crippen molar-refractivity contribution in [2.24, 2.45) is 5.41 Å². The maximum Gasteiger partial charge on any atom is 0.241 e. The predicted octanol–water partition coefficient (Wildman–Crippen LogP) is 5.43. The number of hydrogen-bond acceptors (Lipinski definition) is 2. The van der Waals surface area contributed by atoms with E-state index in [9.17, 15) is 0 Å². The minimum Gasteiger partial charge on any atom is -0.547 e. The Morgan fingerprint density at radius 3 is 2.48 bits per heavy atom. The topological polar surface area (TPSA) is 18.5 Å². The first-order valence-corrected chi connectivity index (χ1v) is 11.7. The lowest BCUT2D eigenvalue weighted by molar-refractivity contribution is -0.112. The molecular weight excluding hydrogens is 276 g/mol. The summed E-state index contributed by atoms with van der Waals surface area (Å²) >= 11 is 0. The zero-order valence-electron chi connectivity index (χ0n) is 14.9. The molecule has 21 heavy (non-hydrogen) atoms. The van der Waals surface area contributed by atoms with Gasteiger partial charge in [0.05, 0.1) is 17.5 Å². The maximum absolute atomic E-state index is 6.39. The Morgan fingerprint density at radius 2 is 1.90 bits per heavy atom. The van der Waals surface area contributed by atoms with E-state index in [1.807, 2.05) is 0 Å². The summed E-state index contributed by atoms with van der Waals surface area (Å²) in [7, 11) is -1.51. The summed E-state index contributed by atoms with van der Waals surface area (Å²) in [6.45, 7) is 15.6. The van der Waals surface area contributed by atoms with Crippen LogP contribution in [0.5, 0.6) is 0 Å². The largest absolute Gasteiger partial charge is 0.547 e. The summed E-state index contributed by atoms with van der Waals surface area (Å²) in [6, 6.07) is 0. The summed E-state index contributed by atoms with van der Waals surface area (Å²) in [5, 5.41) is 0. The van der Waals surface area contributed by atoms with Crippen molar-refractivity contribution in [3.05, 3.63) is 23.5 Å². The second-order valence-electron chi connectivity index (χ2n) is 8.70. The lowest BCUT2D eigenvalue weighted by atomic mass is 9.66. The lowest BCUT2D eigenvalue weighted by Crippen LogP contribution is -2.44. The summed E-state index contributed by atoms with van der Waals surface area (Å²) in [4.78, 5) is 0. The smallest absolute Gasteiger partial charge is 0.241 e. The summed E-state index contributed by atoms with van der Waals surface area (Å²) in [6.07, 6.45) is 9.45. The van der Waals surface area contributed by atoms with Gasteiger partial charge in [0, 0.05) is 11.8 Å². The molecule has 0 aromatic carbocycles. The molecule has 0 bridgehead atoms. The van der Waals surface area contributed by atoms with Crippen LogP contribution in [0.3, 0.4) is 0 Å². The van der Waals surface area contributed by atoms with Gasteiger partial charge in [0.15, 0.2) is 0 Å². The summed E-state index contributed by atoms with van der Waals surface area (Å²) in [5.41, 5.74) is 1.51. The van der Waals surface area contributed by atoms with E-state index in [4.69, 9.17) is 9.16 Å². The maximum atomic E-state index is 6.39. The summed E-state index contributed by atoms with van der Waals surface area (Å²) in [5.74, 6) is 1.19. The molecule has 0 unspecified atom stereocenters. The third kappa shape index (κ3) is 4.23. The first-order valence-electron chi connectivity index (χ1n) is 8.28. The molecule has 0 spiro atoms.